The third-order valence-electron chi connectivity index (χ3n) is 1.59. The summed E-state index contributed by atoms with van der Waals surface area (Å²) in [5.41, 5.74) is 6.22. The second-order valence-corrected chi connectivity index (χ2v) is 4.12. The normalized spacial score (nSPS) is 14.0. The average molecular weight is 240 g/mol. The van der Waals surface area contributed by atoms with E-state index in [1.165, 1.54) is 0 Å². The van der Waals surface area contributed by atoms with E-state index in [1.807, 2.05) is 0 Å². The third-order valence-corrected chi connectivity index (χ3v) is 2.86. The molecule has 0 saturated heterocycles. The maximum Gasteiger partial charge on any atom is 0.422 e. The smallest absolute Gasteiger partial charge is 0.422 e. The van der Waals surface area contributed by atoms with Gasteiger partial charge in [0.25, 0.3) is 5.19 Å². The van der Waals surface area contributed by atoms with E-state index in [0.717, 1.165) is 16.2 Å². The van der Waals surface area contributed by atoms with E-state index >= 15 is 0 Å². The Morgan fingerprint density at radius 2 is 2.13 bits per heavy atom. The number of hydrogen-bond acceptors (Lipinski definition) is 4. The summed E-state index contributed by atoms with van der Waals surface area (Å²) in [5, 5.41) is 0.0112. The van der Waals surface area contributed by atoms with Crippen LogP contribution < -0.4 is 10.5 Å². The molecule has 0 aromatic carbocycles. The molecule has 1 rings (SSSR count). The number of ether oxygens (including phenoxy) is 1. The zero-order valence-corrected chi connectivity index (χ0v) is 9.08. The number of alkyl halides is 3. The first-order valence-corrected chi connectivity index (χ1v) is 5.03. The first kappa shape index (κ1) is 12.3. The maximum absolute atomic E-state index is 11.8. The number of halogens is 3. The molecule has 0 radical (unpaired) electrons. The molecule has 0 bridgehead atoms. The van der Waals surface area contributed by atoms with Gasteiger partial charge in [0.05, 0.1) is 5.69 Å². The van der Waals surface area contributed by atoms with Crippen LogP contribution in [0.5, 0.6) is 5.19 Å². The van der Waals surface area contributed by atoms with Crippen LogP contribution in [0.3, 0.4) is 0 Å². The van der Waals surface area contributed by atoms with Crippen LogP contribution in [-0.2, 0) is 0 Å². The largest absolute Gasteiger partial charge is 0.460 e. The van der Waals surface area contributed by atoms with Crippen LogP contribution in [0.15, 0.2) is 0 Å². The lowest BCUT2D eigenvalue weighted by Gasteiger charge is -2.05. The molecule has 0 spiro atoms. The van der Waals surface area contributed by atoms with Gasteiger partial charge in [0.2, 0.25) is 0 Å². The zero-order chi connectivity index (χ0) is 11.6. The van der Waals surface area contributed by atoms with Crippen LogP contribution in [-0.4, -0.2) is 17.8 Å². The molecule has 1 aromatic rings. The van der Waals surface area contributed by atoms with Gasteiger partial charge in [0.1, 0.15) is 0 Å². The minimum absolute atomic E-state index is 0.0112. The molecule has 0 saturated carbocycles. The second kappa shape index (κ2) is 4.36. The Morgan fingerprint density at radius 1 is 1.53 bits per heavy atom. The van der Waals surface area contributed by atoms with Gasteiger partial charge in [-0.15, -0.1) is 0 Å². The molecular formula is C8H11F3N2OS. The van der Waals surface area contributed by atoms with Crippen molar-refractivity contribution >= 4 is 11.3 Å². The topological polar surface area (TPSA) is 48.1 Å². The first-order valence-electron chi connectivity index (χ1n) is 4.22. The molecule has 7 heteroatoms. The van der Waals surface area contributed by atoms with Gasteiger partial charge < -0.3 is 10.5 Å². The summed E-state index contributed by atoms with van der Waals surface area (Å²) in [7, 11) is 0. The minimum atomic E-state index is -4.34. The summed E-state index contributed by atoms with van der Waals surface area (Å²) < 4.78 is 40.0. The Balaban J connectivity index is 2.68. The highest BCUT2D eigenvalue weighted by molar-refractivity contribution is 7.13. The molecule has 0 aliphatic rings. The highest BCUT2D eigenvalue weighted by Crippen LogP contribution is 2.29. The van der Waals surface area contributed by atoms with Gasteiger partial charge >= 0.3 is 6.18 Å². The molecule has 1 aromatic heterocycles. The van der Waals surface area contributed by atoms with Gasteiger partial charge in [0, 0.05) is 10.9 Å². The Hall–Kier alpha value is -0.820. The molecule has 2 N–H and O–H groups in total. The van der Waals surface area contributed by atoms with Crippen LogP contribution in [0, 0.1) is 6.92 Å². The summed E-state index contributed by atoms with van der Waals surface area (Å²) in [6.07, 6.45) is -4.34. The number of hydrogen-bond donors (Lipinski definition) is 1. The highest BCUT2D eigenvalue weighted by Gasteiger charge is 2.29. The summed E-state index contributed by atoms with van der Waals surface area (Å²) in [5.74, 6) is 0. The Labute approximate surface area is 89.1 Å². The van der Waals surface area contributed by atoms with Gasteiger partial charge in [-0.1, -0.05) is 11.3 Å². The van der Waals surface area contributed by atoms with Gasteiger partial charge in [-0.3, -0.25) is 0 Å². The summed E-state index contributed by atoms with van der Waals surface area (Å²) >= 11 is 1.05. The van der Waals surface area contributed by atoms with Crippen molar-refractivity contribution in [2.75, 3.05) is 6.61 Å². The number of aryl methyl sites for hydroxylation is 1. The van der Waals surface area contributed by atoms with Crippen molar-refractivity contribution in [2.24, 2.45) is 5.73 Å². The van der Waals surface area contributed by atoms with Crippen LogP contribution in [0.25, 0.3) is 0 Å². The molecule has 0 aliphatic heterocycles. The Kier molecular flexibility index (Phi) is 3.56. The van der Waals surface area contributed by atoms with E-state index < -0.39 is 12.8 Å². The Morgan fingerprint density at radius 3 is 2.53 bits per heavy atom. The van der Waals surface area contributed by atoms with Crippen molar-refractivity contribution in [1.82, 2.24) is 4.98 Å². The van der Waals surface area contributed by atoms with E-state index in [2.05, 4.69) is 9.72 Å². The molecule has 3 nitrogen and oxygen atoms in total. The lowest BCUT2D eigenvalue weighted by Crippen LogP contribution is -2.19. The standard InChI is InChI=1S/C8H11F3N2OS/c1-4(12)6-5(2)13-7(15-6)14-3-8(9,10)11/h4H,3,12H2,1-2H3. The van der Waals surface area contributed by atoms with Crippen molar-refractivity contribution in [2.45, 2.75) is 26.1 Å². The molecule has 1 unspecified atom stereocenters. The van der Waals surface area contributed by atoms with Crippen molar-refractivity contribution < 1.29 is 17.9 Å². The predicted octanol–water partition coefficient (Wildman–Crippen LogP) is 2.41. The zero-order valence-electron chi connectivity index (χ0n) is 8.26. The van der Waals surface area contributed by atoms with Crippen molar-refractivity contribution in [3.63, 3.8) is 0 Å². The average Bonchev–Trinajstić information content (AvgIpc) is 2.42. The van der Waals surface area contributed by atoms with Gasteiger partial charge in [-0.05, 0) is 13.8 Å². The van der Waals surface area contributed by atoms with E-state index in [-0.39, 0.29) is 11.2 Å². The second-order valence-electron chi connectivity index (χ2n) is 3.12. The van der Waals surface area contributed by atoms with E-state index in [1.54, 1.807) is 13.8 Å². The lowest BCUT2D eigenvalue weighted by atomic mass is 10.2. The van der Waals surface area contributed by atoms with Crippen molar-refractivity contribution in [1.29, 1.82) is 0 Å². The van der Waals surface area contributed by atoms with E-state index in [4.69, 9.17) is 5.73 Å². The summed E-state index contributed by atoms with van der Waals surface area (Å²) in [6, 6.07) is -0.245. The fraction of sp³-hybridized carbons (Fsp3) is 0.625. The number of rotatable bonds is 3. The summed E-state index contributed by atoms with van der Waals surface area (Å²) in [6.45, 7) is 2.11. The summed E-state index contributed by atoms with van der Waals surface area (Å²) in [4.78, 5) is 4.59. The lowest BCUT2D eigenvalue weighted by molar-refractivity contribution is -0.153. The third kappa shape index (κ3) is 3.67. The van der Waals surface area contributed by atoms with Gasteiger partial charge in [0.15, 0.2) is 6.61 Å². The molecule has 0 aliphatic carbocycles. The van der Waals surface area contributed by atoms with Crippen molar-refractivity contribution in [3.8, 4) is 5.19 Å². The highest BCUT2D eigenvalue weighted by atomic mass is 32.1. The molecule has 1 atom stereocenters. The molecule has 15 heavy (non-hydrogen) atoms. The monoisotopic (exact) mass is 240 g/mol. The maximum atomic E-state index is 11.8. The van der Waals surface area contributed by atoms with Crippen LogP contribution in [0.4, 0.5) is 13.2 Å². The quantitative estimate of drug-likeness (QED) is 0.882. The number of nitrogens with zero attached hydrogens (tertiary/aromatic N) is 1. The molecule has 1 heterocycles. The fourth-order valence-corrected chi connectivity index (χ4v) is 1.88. The van der Waals surface area contributed by atoms with E-state index in [0.29, 0.717) is 5.69 Å². The molecule has 0 fully saturated rings. The SMILES string of the molecule is Cc1nc(OCC(F)(F)F)sc1C(C)N. The number of thiazole rings is 1. The fourth-order valence-electron chi connectivity index (χ4n) is 1.01. The predicted molar refractivity (Wildman–Crippen MR) is 51.0 cm³/mol. The molecule has 86 valence electrons. The minimum Gasteiger partial charge on any atom is -0.460 e. The molecular weight excluding hydrogens is 229 g/mol. The van der Waals surface area contributed by atoms with E-state index in [9.17, 15) is 13.2 Å². The first-order chi connectivity index (χ1) is 6.79. The van der Waals surface area contributed by atoms with Crippen LogP contribution in [0.2, 0.25) is 0 Å². The van der Waals surface area contributed by atoms with Crippen molar-refractivity contribution in [3.05, 3.63) is 10.6 Å². The van der Waals surface area contributed by atoms with Gasteiger partial charge in [-0.25, -0.2) is 4.98 Å². The number of nitrogens with two attached hydrogens (primary N) is 1. The number of aromatic nitrogens is 1. The Bertz CT molecular complexity index is 335. The van der Waals surface area contributed by atoms with Crippen LogP contribution in [0.1, 0.15) is 23.5 Å². The molecule has 0 amide bonds. The van der Waals surface area contributed by atoms with Crippen LogP contribution >= 0.6 is 11.3 Å². The van der Waals surface area contributed by atoms with Gasteiger partial charge in [-0.2, -0.15) is 13.2 Å².